The van der Waals surface area contributed by atoms with Gasteiger partial charge in [0.05, 0.1) is 17.3 Å². The van der Waals surface area contributed by atoms with E-state index in [4.69, 9.17) is 32.6 Å². The Hall–Kier alpha value is -3.70. The van der Waals surface area contributed by atoms with Crippen molar-refractivity contribution in [2.24, 2.45) is 0 Å². The molecule has 1 saturated carbocycles. The molecule has 5 aromatic rings. The van der Waals surface area contributed by atoms with Gasteiger partial charge in [-0.2, -0.15) is 18.3 Å². The van der Waals surface area contributed by atoms with Gasteiger partial charge in [-0.1, -0.05) is 35.3 Å². The normalized spacial score (nSPS) is 14.7. The lowest BCUT2D eigenvalue weighted by Gasteiger charge is -2.14. The first-order chi connectivity index (χ1) is 17.8. The van der Waals surface area contributed by atoms with E-state index in [0.29, 0.717) is 32.8 Å². The van der Waals surface area contributed by atoms with E-state index in [9.17, 15) is 13.2 Å². The number of alkyl halides is 3. The van der Waals surface area contributed by atoms with Gasteiger partial charge in [0.25, 0.3) is 5.89 Å². The first-order valence-corrected chi connectivity index (χ1v) is 11.9. The highest BCUT2D eigenvalue weighted by molar-refractivity contribution is 6.33. The number of halogens is 5. The highest BCUT2D eigenvalue weighted by atomic mass is 35.5. The molecule has 0 amide bonds. The molecule has 6 rings (SSSR count). The molecule has 0 aliphatic heterocycles. The van der Waals surface area contributed by atoms with Crippen molar-refractivity contribution in [2.75, 3.05) is 0 Å². The maximum absolute atomic E-state index is 13.7. The van der Waals surface area contributed by atoms with Crippen LogP contribution in [0.15, 0.2) is 65.6 Å². The van der Waals surface area contributed by atoms with Gasteiger partial charge >= 0.3 is 6.18 Å². The Morgan fingerprint density at radius 1 is 1.00 bits per heavy atom. The molecular weight excluding hydrogens is 530 g/mol. The Morgan fingerprint density at radius 3 is 2.41 bits per heavy atom. The van der Waals surface area contributed by atoms with Crippen LogP contribution in [-0.4, -0.2) is 40.7 Å². The second-order valence-corrected chi connectivity index (χ2v) is 9.45. The molecule has 8 nitrogen and oxygen atoms in total. The number of nitrogens with zero attached hydrogens (tertiary/aromatic N) is 7. The van der Waals surface area contributed by atoms with Crippen molar-refractivity contribution in [3.05, 3.63) is 82.8 Å². The molecule has 1 fully saturated rings. The third kappa shape index (κ3) is 4.08. The topological polar surface area (TPSA) is 87.5 Å². The summed E-state index contributed by atoms with van der Waals surface area (Å²) in [5, 5.41) is 12.9. The molecule has 13 heteroatoms. The second kappa shape index (κ2) is 8.70. The quantitative estimate of drug-likeness (QED) is 0.255. The summed E-state index contributed by atoms with van der Waals surface area (Å²) in [4.78, 5) is 8.77. The Kier molecular flexibility index (Phi) is 5.57. The third-order valence-corrected chi connectivity index (χ3v) is 6.86. The summed E-state index contributed by atoms with van der Waals surface area (Å²) >= 11 is 12.7. The molecule has 37 heavy (non-hydrogen) atoms. The molecule has 0 radical (unpaired) electrons. The van der Waals surface area contributed by atoms with Crippen LogP contribution in [0.2, 0.25) is 10.0 Å². The van der Waals surface area contributed by atoms with Gasteiger partial charge in [-0.3, -0.25) is 4.57 Å². The second-order valence-electron chi connectivity index (χ2n) is 8.61. The van der Waals surface area contributed by atoms with Crippen molar-refractivity contribution in [1.29, 1.82) is 0 Å². The minimum absolute atomic E-state index is 0.103. The zero-order chi connectivity index (χ0) is 25.8. The van der Waals surface area contributed by atoms with Crippen LogP contribution in [0.5, 0.6) is 0 Å². The first kappa shape index (κ1) is 23.7. The number of rotatable bonds is 6. The van der Waals surface area contributed by atoms with E-state index in [-0.39, 0.29) is 31.0 Å². The lowest BCUT2D eigenvalue weighted by atomic mass is 10.1. The highest BCUT2D eigenvalue weighted by Gasteiger charge is 2.68. The van der Waals surface area contributed by atoms with E-state index < -0.39 is 17.5 Å². The van der Waals surface area contributed by atoms with E-state index in [0.717, 1.165) is 0 Å². The summed E-state index contributed by atoms with van der Waals surface area (Å²) in [6, 6.07) is 14.1. The van der Waals surface area contributed by atoms with Gasteiger partial charge in [0.2, 0.25) is 5.89 Å². The summed E-state index contributed by atoms with van der Waals surface area (Å²) < 4.78 is 50.2. The molecule has 3 heterocycles. The lowest BCUT2D eigenvalue weighted by molar-refractivity contribution is -0.165. The molecular formula is C24H16Cl2F3N7O. The van der Waals surface area contributed by atoms with Crippen molar-refractivity contribution in [3.8, 4) is 28.7 Å². The molecule has 0 atom stereocenters. The number of benzene rings is 2. The Labute approximate surface area is 217 Å². The van der Waals surface area contributed by atoms with Crippen LogP contribution >= 0.6 is 23.2 Å². The van der Waals surface area contributed by atoms with Crippen molar-refractivity contribution in [3.63, 3.8) is 0 Å². The molecule has 1 aliphatic carbocycles. The van der Waals surface area contributed by atoms with E-state index in [1.54, 1.807) is 47.1 Å². The van der Waals surface area contributed by atoms with Crippen molar-refractivity contribution in [1.82, 2.24) is 34.5 Å². The number of imidazole rings is 1. The van der Waals surface area contributed by atoms with Crippen LogP contribution < -0.4 is 0 Å². The molecule has 0 bridgehead atoms. The molecule has 2 aromatic carbocycles. The third-order valence-electron chi connectivity index (χ3n) is 6.28. The van der Waals surface area contributed by atoms with Gasteiger partial charge in [-0.05, 0) is 49.2 Å². The minimum Gasteiger partial charge on any atom is -0.418 e. The van der Waals surface area contributed by atoms with Crippen LogP contribution in [-0.2, 0) is 12.0 Å². The maximum Gasteiger partial charge on any atom is 0.403 e. The largest absolute Gasteiger partial charge is 0.418 e. The van der Waals surface area contributed by atoms with Crippen LogP contribution in [0.1, 0.15) is 24.4 Å². The SMILES string of the molecule is FC(F)(F)C1(c2nnc(-c3nc(-c4ccccc4Cl)n(-c4ccc(Cl)cc4)c3Cn3cncn3)o2)CC1. The van der Waals surface area contributed by atoms with Gasteiger partial charge in [-0.15, -0.1) is 10.2 Å². The molecule has 188 valence electrons. The standard InChI is InChI=1S/C24H16Cl2F3N7O/c25-14-5-7-15(8-6-14)36-18(11-35-13-30-12-31-35)19(32-20(36)16-3-1-2-4-17(16)26)21-33-34-22(37-21)23(9-10-23)24(27,28)29/h1-8,12-13H,9-11H2. The van der Waals surface area contributed by atoms with Crippen LogP contribution in [0.4, 0.5) is 13.2 Å². The summed E-state index contributed by atoms with van der Waals surface area (Å²) in [6.45, 7) is 0.150. The molecule has 3 aromatic heterocycles. The van der Waals surface area contributed by atoms with Crippen molar-refractivity contribution < 1.29 is 17.6 Å². The summed E-state index contributed by atoms with van der Waals surface area (Å²) in [7, 11) is 0. The lowest BCUT2D eigenvalue weighted by Crippen LogP contribution is -2.28. The molecule has 0 N–H and O–H groups in total. The summed E-state index contributed by atoms with van der Waals surface area (Å²) in [5.74, 6) is -0.182. The maximum atomic E-state index is 13.7. The number of hydrogen-bond donors (Lipinski definition) is 0. The Bertz CT molecular complexity index is 1570. The smallest absolute Gasteiger partial charge is 0.403 e. The van der Waals surface area contributed by atoms with Gasteiger partial charge in [0.1, 0.15) is 23.9 Å². The van der Waals surface area contributed by atoms with Gasteiger partial charge in [0.15, 0.2) is 5.69 Å². The van der Waals surface area contributed by atoms with E-state index in [1.807, 2.05) is 10.6 Å². The highest BCUT2D eigenvalue weighted by Crippen LogP contribution is 2.58. The predicted octanol–water partition coefficient (Wildman–Crippen LogP) is 6.13. The average Bonchev–Trinajstić information content (AvgIpc) is 3.20. The fourth-order valence-corrected chi connectivity index (χ4v) is 4.53. The monoisotopic (exact) mass is 545 g/mol. The van der Waals surface area contributed by atoms with Crippen molar-refractivity contribution >= 4 is 23.2 Å². The minimum atomic E-state index is -4.49. The average molecular weight is 546 g/mol. The molecule has 0 spiro atoms. The zero-order valence-electron chi connectivity index (χ0n) is 18.8. The van der Waals surface area contributed by atoms with E-state index in [2.05, 4.69) is 20.3 Å². The van der Waals surface area contributed by atoms with Crippen LogP contribution in [0.3, 0.4) is 0 Å². The fraction of sp³-hybridized carbons (Fsp3) is 0.208. The molecule has 0 saturated heterocycles. The molecule has 1 aliphatic rings. The summed E-state index contributed by atoms with van der Waals surface area (Å²) in [5.41, 5.74) is -0.109. The van der Waals surface area contributed by atoms with Crippen LogP contribution in [0, 0.1) is 0 Å². The number of aromatic nitrogens is 7. The Morgan fingerprint density at radius 2 is 1.76 bits per heavy atom. The Balaban J connectivity index is 1.59. The molecule has 0 unspecified atom stereocenters. The zero-order valence-corrected chi connectivity index (χ0v) is 20.3. The van der Waals surface area contributed by atoms with E-state index >= 15 is 0 Å². The van der Waals surface area contributed by atoms with E-state index in [1.165, 1.54) is 12.7 Å². The fourth-order valence-electron chi connectivity index (χ4n) is 4.19. The number of hydrogen-bond acceptors (Lipinski definition) is 6. The van der Waals surface area contributed by atoms with Gasteiger partial charge in [-0.25, -0.2) is 14.6 Å². The van der Waals surface area contributed by atoms with Gasteiger partial charge in [0, 0.05) is 16.3 Å². The predicted molar refractivity (Wildman–Crippen MR) is 128 cm³/mol. The van der Waals surface area contributed by atoms with Crippen LogP contribution in [0.25, 0.3) is 28.7 Å². The van der Waals surface area contributed by atoms with Crippen molar-refractivity contribution in [2.45, 2.75) is 31.0 Å². The first-order valence-electron chi connectivity index (χ1n) is 11.1. The summed E-state index contributed by atoms with van der Waals surface area (Å²) in [6.07, 6.45) is -1.81. The van der Waals surface area contributed by atoms with Gasteiger partial charge < -0.3 is 4.42 Å².